The molecule has 2 aliphatic rings. The third-order valence-electron chi connectivity index (χ3n) is 5.64. The highest BCUT2D eigenvalue weighted by molar-refractivity contribution is 5.96. The van der Waals surface area contributed by atoms with E-state index in [9.17, 15) is 22.8 Å². The molecule has 2 aromatic rings. The first-order chi connectivity index (χ1) is 15.1. The molecule has 0 bridgehead atoms. The van der Waals surface area contributed by atoms with Gasteiger partial charge in [-0.25, -0.2) is 0 Å². The average molecular weight is 448 g/mol. The quantitative estimate of drug-likeness (QED) is 0.773. The number of halogens is 3. The first-order valence-corrected chi connectivity index (χ1v) is 10.3. The van der Waals surface area contributed by atoms with Crippen molar-refractivity contribution >= 4 is 11.8 Å². The van der Waals surface area contributed by atoms with Gasteiger partial charge in [0.25, 0.3) is 5.91 Å². The van der Waals surface area contributed by atoms with Gasteiger partial charge in [-0.15, -0.1) is 0 Å². The Labute approximate surface area is 183 Å². The fourth-order valence-electron chi connectivity index (χ4n) is 4.12. The number of rotatable bonds is 4. The summed E-state index contributed by atoms with van der Waals surface area (Å²) in [5.74, 6) is -0.839. The van der Waals surface area contributed by atoms with E-state index in [-0.39, 0.29) is 37.7 Å². The van der Waals surface area contributed by atoms with Crippen molar-refractivity contribution in [2.24, 2.45) is 5.92 Å². The van der Waals surface area contributed by atoms with Crippen LogP contribution in [0.5, 0.6) is 11.5 Å². The molecule has 0 radical (unpaired) electrons. The molecule has 2 aliphatic heterocycles. The second-order valence-electron chi connectivity index (χ2n) is 8.28. The number of benzene rings is 2. The average Bonchev–Trinajstić information content (AvgIpc) is 3.39. The van der Waals surface area contributed by atoms with Gasteiger partial charge in [0, 0.05) is 30.6 Å². The summed E-state index contributed by atoms with van der Waals surface area (Å²) in [7, 11) is 0. The van der Waals surface area contributed by atoms with E-state index >= 15 is 0 Å². The molecule has 2 amide bonds. The van der Waals surface area contributed by atoms with E-state index in [0.29, 0.717) is 22.6 Å². The second kappa shape index (κ2) is 8.37. The van der Waals surface area contributed by atoms with E-state index in [1.54, 1.807) is 24.3 Å². The van der Waals surface area contributed by atoms with Gasteiger partial charge >= 0.3 is 6.18 Å². The molecule has 1 N–H and O–H groups in total. The van der Waals surface area contributed by atoms with Crippen LogP contribution in [0.2, 0.25) is 0 Å². The van der Waals surface area contributed by atoms with Gasteiger partial charge in [0.15, 0.2) is 11.5 Å². The van der Waals surface area contributed by atoms with E-state index < -0.39 is 23.6 Å². The van der Waals surface area contributed by atoms with Crippen molar-refractivity contribution in [1.82, 2.24) is 10.2 Å². The Kier molecular flexibility index (Phi) is 5.75. The number of ether oxygens (including phenoxy) is 2. The SMILES string of the molecule is CC(C)NC(=O)[C@@H]1CN(C(=O)c2ccc3c(c2)OCO3)C[C@H]1c1cccc(C(F)(F)F)c1. The van der Waals surface area contributed by atoms with Crippen LogP contribution in [-0.4, -0.2) is 42.6 Å². The van der Waals surface area contributed by atoms with Crippen LogP contribution >= 0.6 is 0 Å². The van der Waals surface area contributed by atoms with Crippen molar-refractivity contribution in [3.63, 3.8) is 0 Å². The molecule has 6 nitrogen and oxygen atoms in total. The topological polar surface area (TPSA) is 67.9 Å². The van der Waals surface area contributed by atoms with Crippen molar-refractivity contribution in [3.05, 3.63) is 59.2 Å². The Balaban J connectivity index is 1.63. The summed E-state index contributed by atoms with van der Waals surface area (Å²) in [4.78, 5) is 27.5. The zero-order valence-corrected chi connectivity index (χ0v) is 17.6. The maximum Gasteiger partial charge on any atom is 0.416 e. The predicted octanol–water partition coefficient (Wildman–Crippen LogP) is 3.81. The number of alkyl halides is 3. The molecule has 0 spiro atoms. The highest BCUT2D eigenvalue weighted by Gasteiger charge is 2.42. The molecule has 1 fully saturated rings. The normalized spacial score (nSPS) is 20.0. The van der Waals surface area contributed by atoms with Gasteiger partial charge < -0.3 is 19.7 Å². The lowest BCUT2D eigenvalue weighted by Gasteiger charge is -2.20. The summed E-state index contributed by atoms with van der Waals surface area (Å²) < 4.78 is 50.3. The highest BCUT2D eigenvalue weighted by Crippen LogP contribution is 2.38. The minimum atomic E-state index is -4.49. The van der Waals surface area contributed by atoms with Gasteiger partial charge in [0.1, 0.15) is 0 Å². The summed E-state index contributed by atoms with van der Waals surface area (Å²) in [6.07, 6.45) is -4.49. The lowest BCUT2D eigenvalue weighted by atomic mass is 9.87. The molecule has 170 valence electrons. The summed E-state index contributed by atoms with van der Waals surface area (Å²) in [5.41, 5.74) is -0.0368. The Morgan fingerprint density at radius 2 is 1.81 bits per heavy atom. The largest absolute Gasteiger partial charge is 0.454 e. The van der Waals surface area contributed by atoms with Crippen molar-refractivity contribution in [3.8, 4) is 11.5 Å². The third-order valence-corrected chi connectivity index (χ3v) is 5.64. The molecule has 1 saturated heterocycles. The van der Waals surface area contributed by atoms with Gasteiger partial charge in [-0.3, -0.25) is 9.59 Å². The molecule has 2 aromatic carbocycles. The number of likely N-dealkylation sites (tertiary alicyclic amines) is 1. The van der Waals surface area contributed by atoms with Crippen LogP contribution in [0, 0.1) is 5.92 Å². The first kappa shape index (κ1) is 22.0. The zero-order chi connectivity index (χ0) is 23.0. The smallest absolute Gasteiger partial charge is 0.416 e. The third kappa shape index (κ3) is 4.37. The fraction of sp³-hybridized carbons (Fsp3) is 0.391. The number of amides is 2. The number of hydrogen-bond acceptors (Lipinski definition) is 4. The molecule has 2 heterocycles. The molecule has 32 heavy (non-hydrogen) atoms. The van der Waals surface area contributed by atoms with Crippen LogP contribution in [-0.2, 0) is 11.0 Å². The number of carbonyl (C=O) groups excluding carboxylic acids is 2. The van der Waals surface area contributed by atoms with Gasteiger partial charge in [0.2, 0.25) is 12.7 Å². The molecule has 4 rings (SSSR count). The summed E-state index contributed by atoms with van der Waals surface area (Å²) in [6, 6.07) is 9.65. The van der Waals surface area contributed by atoms with Crippen LogP contribution in [0.1, 0.15) is 41.3 Å². The monoisotopic (exact) mass is 448 g/mol. The van der Waals surface area contributed by atoms with Crippen LogP contribution < -0.4 is 14.8 Å². The number of hydrogen-bond donors (Lipinski definition) is 1. The van der Waals surface area contributed by atoms with Gasteiger partial charge in [-0.1, -0.05) is 18.2 Å². The minimum absolute atomic E-state index is 0.0752. The molecule has 0 aromatic heterocycles. The second-order valence-corrected chi connectivity index (χ2v) is 8.28. The summed E-state index contributed by atoms with van der Waals surface area (Å²) >= 11 is 0. The Morgan fingerprint density at radius 1 is 1.06 bits per heavy atom. The predicted molar refractivity (Wildman–Crippen MR) is 109 cm³/mol. The van der Waals surface area contributed by atoms with Crippen LogP contribution in [0.3, 0.4) is 0 Å². The van der Waals surface area contributed by atoms with E-state index in [4.69, 9.17) is 9.47 Å². The maximum absolute atomic E-state index is 13.3. The molecule has 0 aliphatic carbocycles. The van der Waals surface area contributed by atoms with Gasteiger partial charge in [-0.2, -0.15) is 13.2 Å². The Hall–Kier alpha value is -3.23. The van der Waals surface area contributed by atoms with E-state index in [1.807, 2.05) is 13.8 Å². The van der Waals surface area contributed by atoms with Crippen LogP contribution in [0.25, 0.3) is 0 Å². The number of carbonyl (C=O) groups is 2. The number of nitrogens with one attached hydrogen (secondary N) is 1. The van der Waals surface area contributed by atoms with Crippen molar-refractivity contribution in [1.29, 1.82) is 0 Å². The van der Waals surface area contributed by atoms with Crippen LogP contribution in [0.4, 0.5) is 13.2 Å². The zero-order valence-electron chi connectivity index (χ0n) is 17.6. The summed E-state index contributed by atoms with van der Waals surface area (Å²) in [5, 5.41) is 2.83. The maximum atomic E-state index is 13.3. The van der Waals surface area contributed by atoms with Gasteiger partial charge in [-0.05, 0) is 43.7 Å². The van der Waals surface area contributed by atoms with Gasteiger partial charge in [0.05, 0.1) is 11.5 Å². The van der Waals surface area contributed by atoms with Crippen LogP contribution in [0.15, 0.2) is 42.5 Å². The molecule has 0 unspecified atom stereocenters. The standard InChI is InChI=1S/C23H23F3N2O4/c1-13(2)27-21(29)18-11-28(22(30)15-6-7-19-20(9-15)32-12-31-19)10-17(18)14-4-3-5-16(8-14)23(24,25)26/h3-9,13,17-18H,10-12H2,1-2H3,(H,27,29)/t17-,18+/m0/s1. The fourth-order valence-corrected chi connectivity index (χ4v) is 4.12. The first-order valence-electron chi connectivity index (χ1n) is 10.3. The molecular weight excluding hydrogens is 425 g/mol. The molecule has 9 heteroatoms. The highest BCUT2D eigenvalue weighted by atomic mass is 19.4. The van der Waals surface area contributed by atoms with E-state index in [0.717, 1.165) is 12.1 Å². The van der Waals surface area contributed by atoms with Crippen molar-refractivity contribution < 1.29 is 32.2 Å². The lowest BCUT2D eigenvalue weighted by Crippen LogP contribution is -2.39. The summed E-state index contributed by atoms with van der Waals surface area (Å²) in [6.45, 7) is 3.92. The van der Waals surface area contributed by atoms with E-state index in [2.05, 4.69) is 5.32 Å². The molecule has 0 saturated carbocycles. The van der Waals surface area contributed by atoms with Crippen molar-refractivity contribution in [2.75, 3.05) is 19.9 Å². The Morgan fingerprint density at radius 3 is 2.53 bits per heavy atom. The lowest BCUT2D eigenvalue weighted by molar-refractivity contribution is -0.137. The molecule has 2 atom stereocenters. The minimum Gasteiger partial charge on any atom is -0.454 e. The number of fused-ring (bicyclic) bond motifs is 1. The van der Waals surface area contributed by atoms with Crippen molar-refractivity contribution in [2.45, 2.75) is 32.0 Å². The Bertz CT molecular complexity index is 1040. The number of nitrogens with zero attached hydrogens (tertiary/aromatic N) is 1. The van der Waals surface area contributed by atoms with E-state index in [1.165, 1.54) is 11.0 Å². The molecular formula is C23H23F3N2O4.